The topological polar surface area (TPSA) is 180 Å². The van der Waals surface area contributed by atoms with Crippen molar-refractivity contribution >= 4 is 42.2 Å². The van der Waals surface area contributed by atoms with Gasteiger partial charge in [0.25, 0.3) is 0 Å². The van der Waals surface area contributed by atoms with Gasteiger partial charge in [0.1, 0.15) is 18.6 Å². The number of carbonyl (C=O) groups is 5. The molecule has 1 saturated heterocycles. The molecule has 0 saturated carbocycles. The zero-order valence-corrected chi connectivity index (χ0v) is 14.9. The maximum absolute atomic E-state index is 12.3. The Labute approximate surface area is 155 Å². The molecule has 3 atom stereocenters. The summed E-state index contributed by atoms with van der Waals surface area (Å²) in [4.78, 5) is 58.0. The van der Waals surface area contributed by atoms with Crippen LogP contribution in [0.1, 0.15) is 19.3 Å². The van der Waals surface area contributed by atoms with Crippen molar-refractivity contribution in [3.8, 4) is 0 Å². The third kappa shape index (κ3) is 7.27. The normalized spacial score (nSPS) is 18.4. The number of carboxylic acid groups (broad SMARTS) is 1. The first-order valence-electron chi connectivity index (χ1n) is 7.97. The molecule has 11 nitrogen and oxygen atoms in total. The molecule has 1 heterocycles. The van der Waals surface area contributed by atoms with E-state index in [9.17, 15) is 24.0 Å². The number of hydrogen-bond donors (Lipinski definition) is 7. The van der Waals surface area contributed by atoms with Crippen LogP contribution in [0.3, 0.4) is 0 Å². The molecule has 4 amide bonds. The van der Waals surface area contributed by atoms with Crippen molar-refractivity contribution in [2.45, 2.75) is 37.4 Å². The van der Waals surface area contributed by atoms with Crippen molar-refractivity contribution in [3.63, 3.8) is 0 Å². The number of amides is 4. The summed E-state index contributed by atoms with van der Waals surface area (Å²) in [6, 6.07) is -2.79. The highest BCUT2D eigenvalue weighted by Crippen LogP contribution is 2.05. The van der Waals surface area contributed by atoms with Gasteiger partial charge in [-0.15, -0.1) is 0 Å². The maximum Gasteiger partial charge on any atom is 0.322 e. The Balaban J connectivity index is 2.68. The summed E-state index contributed by atoms with van der Waals surface area (Å²) in [5.41, 5.74) is 5.06. The Kier molecular flexibility index (Phi) is 8.85. The Morgan fingerprint density at radius 3 is 2.35 bits per heavy atom. The van der Waals surface area contributed by atoms with Crippen LogP contribution >= 0.6 is 12.6 Å². The fourth-order valence-electron chi connectivity index (χ4n) is 2.34. The van der Waals surface area contributed by atoms with Crippen LogP contribution in [-0.4, -0.2) is 71.7 Å². The third-order valence-corrected chi connectivity index (χ3v) is 4.01. The number of nitrogens with one attached hydrogen (secondary N) is 4. The van der Waals surface area contributed by atoms with Crippen molar-refractivity contribution < 1.29 is 29.1 Å². The van der Waals surface area contributed by atoms with E-state index in [0.29, 0.717) is 13.0 Å². The van der Waals surface area contributed by atoms with Gasteiger partial charge in [-0.05, 0) is 19.4 Å². The zero-order valence-electron chi connectivity index (χ0n) is 14.0. The van der Waals surface area contributed by atoms with Crippen LogP contribution in [0.2, 0.25) is 0 Å². The number of aliphatic carboxylic acids is 1. The van der Waals surface area contributed by atoms with Gasteiger partial charge in [-0.1, -0.05) is 0 Å². The Morgan fingerprint density at radius 2 is 1.85 bits per heavy atom. The van der Waals surface area contributed by atoms with Crippen molar-refractivity contribution in [2.24, 2.45) is 5.73 Å². The molecule has 7 N–H and O–H groups in total. The molecule has 12 heteroatoms. The number of carboxylic acids is 1. The van der Waals surface area contributed by atoms with Crippen LogP contribution in [0, 0.1) is 0 Å². The monoisotopic (exact) mass is 389 g/mol. The lowest BCUT2D eigenvalue weighted by Crippen LogP contribution is -2.57. The molecule has 1 aliphatic heterocycles. The molecule has 3 unspecified atom stereocenters. The van der Waals surface area contributed by atoms with Crippen LogP contribution in [-0.2, 0) is 24.0 Å². The second-order valence-corrected chi connectivity index (χ2v) is 6.10. The molecule has 0 aromatic carbocycles. The second-order valence-electron chi connectivity index (χ2n) is 5.74. The molecule has 26 heavy (non-hydrogen) atoms. The average Bonchev–Trinajstić information content (AvgIpc) is 3.10. The quantitative estimate of drug-likeness (QED) is 0.191. The largest absolute Gasteiger partial charge is 0.480 e. The fourth-order valence-corrected chi connectivity index (χ4v) is 2.60. The molecule has 146 valence electrons. The number of carbonyl (C=O) groups excluding carboxylic acids is 4. The van der Waals surface area contributed by atoms with E-state index in [1.54, 1.807) is 0 Å². The van der Waals surface area contributed by atoms with Crippen LogP contribution in [0.5, 0.6) is 0 Å². The number of primary amides is 1. The van der Waals surface area contributed by atoms with Gasteiger partial charge < -0.3 is 32.1 Å². The highest BCUT2D eigenvalue weighted by molar-refractivity contribution is 7.80. The first kappa shape index (κ1) is 21.7. The van der Waals surface area contributed by atoms with Gasteiger partial charge in [-0.3, -0.25) is 24.0 Å². The van der Waals surface area contributed by atoms with Gasteiger partial charge in [0.15, 0.2) is 0 Å². The molecular weight excluding hydrogens is 366 g/mol. The van der Waals surface area contributed by atoms with Gasteiger partial charge in [0.05, 0.1) is 12.5 Å². The van der Waals surface area contributed by atoms with Crippen LogP contribution in [0.25, 0.3) is 0 Å². The summed E-state index contributed by atoms with van der Waals surface area (Å²) in [6.45, 7) is 0.0321. The summed E-state index contributed by atoms with van der Waals surface area (Å²) < 4.78 is 0. The number of thiol groups is 1. The lowest BCUT2D eigenvalue weighted by Gasteiger charge is -2.22. The van der Waals surface area contributed by atoms with Gasteiger partial charge in [-0.25, -0.2) is 0 Å². The predicted octanol–water partition coefficient (Wildman–Crippen LogP) is -3.29. The van der Waals surface area contributed by atoms with E-state index in [4.69, 9.17) is 10.8 Å². The maximum atomic E-state index is 12.3. The molecule has 0 bridgehead atoms. The van der Waals surface area contributed by atoms with E-state index in [2.05, 4.69) is 33.9 Å². The standard InChI is InChI=1S/C14H23N5O6S/c15-10(20)4-8(12(23)17-5-11(21)22)18-14(25)9(6-26)19-13(24)7-2-1-3-16-7/h7-9,16,26H,1-6H2,(H2,15,20)(H,17,23)(H,18,25)(H,19,24)(H,21,22). The summed E-state index contributed by atoms with van der Waals surface area (Å²) in [5.74, 6) is -4.15. The Hall–Kier alpha value is -2.34. The summed E-state index contributed by atoms with van der Waals surface area (Å²) in [6.07, 6.45) is 0.976. The summed E-state index contributed by atoms with van der Waals surface area (Å²) >= 11 is 4.02. The van der Waals surface area contributed by atoms with Gasteiger partial charge in [-0.2, -0.15) is 12.6 Å². The highest BCUT2D eigenvalue weighted by atomic mass is 32.1. The van der Waals surface area contributed by atoms with Crippen molar-refractivity contribution in [3.05, 3.63) is 0 Å². The molecule has 0 aliphatic carbocycles. The molecule has 1 aliphatic rings. The van der Waals surface area contributed by atoms with Gasteiger partial charge in [0.2, 0.25) is 23.6 Å². The van der Waals surface area contributed by atoms with Crippen LogP contribution in [0.15, 0.2) is 0 Å². The molecule has 0 aromatic rings. The minimum Gasteiger partial charge on any atom is -0.480 e. The number of nitrogens with two attached hydrogens (primary N) is 1. The van der Waals surface area contributed by atoms with Crippen molar-refractivity contribution in [1.29, 1.82) is 0 Å². The molecule has 0 radical (unpaired) electrons. The van der Waals surface area contributed by atoms with Gasteiger partial charge in [0, 0.05) is 5.75 Å². The lowest BCUT2D eigenvalue weighted by molar-refractivity contribution is -0.138. The molecule has 1 rings (SSSR count). The molecule has 0 aromatic heterocycles. The van der Waals surface area contributed by atoms with Crippen molar-refractivity contribution in [1.82, 2.24) is 21.3 Å². The predicted molar refractivity (Wildman–Crippen MR) is 93.2 cm³/mol. The third-order valence-electron chi connectivity index (χ3n) is 3.64. The molecule has 1 fully saturated rings. The van der Waals surface area contributed by atoms with E-state index in [-0.39, 0.29) is 11.7 Å². The van der Waals surface area contributed by atoms with Crippen LogP contribution < -0.4 is 27.0 Å². The fraction of sp³-hybridized carbons (Fsp3) is 0.643. The van der Waals surface area contributed by atoms with E-state index in [1.807, 2.05) is 0 Å². The Bertz CT molecular complexity index is 566. The van der Waals surface area contributed by atoms with E-state index in [1.165, 1.54) is 0 Å². The second kappa shape index (κ2) is 10.6. The molecular formula is C14H23N5O6S. The number of hydrogen-bond acceptors (Lipinski definition) is 7. The SMILES string of the molecule is NC(=O)CC(NC(=O)C(CS)NC(=O)C1CCCN1)C(=O)NCC(=O)O. The smallest absolute Gasteiger partial charge is 0.322 e. The van der Waals surface area contributed by atoms with E-state index in [0.717, 1.165) is 6.42 Å². The average molecular weight is 389 g/mol. The van der Waals surface area contributed by atoms with Crippen molar-refractivity contribution in [2.75, 3.05) is 18.8 Å². The minimum atomic E-state index is -1.36. The lowest BCUT2D eigenvalue weighted by atomic mass is 10.1. The van der Waals surface area contributed by atoms with E-state index < -0.39 is 54.8 Å². The first-order chi connectivity index (χ1) is 12.2. The highest BCUT2D eigenvalue weighted by Gasteiger charge is 2.30. The van der Waals surface area contributed by atoms with Gasteiger partial charge >= 0.3 is 5.97 Å². The zero-order chi connectivity index (χ0) is 19.7. The van der Waals surface area contributed by atoms with Crippen LogP contribution in [0.4, 0.5) is 0 Å². The summed E-state index contributed by atoms with van der Waals surface area (Å²) in [7, 11) is 0. The van der Waals surface area contributed by atoms with E-state index >= 15 is 0 Å². The summed E-state index contributed by atoms with van der Waals surface area (Å²) in [5, 5.41) is 18.4. The molecule has 0 spiro atoms. The Morgan fingerprint density at radius 1 is 1.15 bits per heavy atom. The first-order valence-corrected chi connectivity index (χ1v) is 8.60. The minimum absolute atomic E-state index is 0.0374. The number of rotatable bonds is 10.